The van der Waals surface area contributed by atoms with Gasteiger partial charge in [0.2, 0.25) is 0 Å². The van der Waals surface area contributed by atoms with Gasteiger partial charge in [-0.1, -0.05) is 60.1 Å². The third-order valence-corrected chi connectivity index (χ3v) is 25.3. The van der Waals surface area contributed by atoms with Crippen molar-refractivity contribution in [1.29, 1.82) is 0 Å². The zero-order chi connectivity index (χ0) is 73.5. The maximum Gasteiger partial charge on any atom is 0.187 e. The fourth-order valence-electron chi connectivity index (χ4n) is 18.6. The van der Waals surface area contributed by atoms with Crippen LogP contribution in [0.4, 0.5) is 0 Å². The summed E-state index contributed by atoms with van der Waals surface area (Å²) in [5, 5.41) is 229. The maximum atomic E-state index is 12.9. The molecule has 40 atom stereocenters. The van der Waals surface area contributed by atoms with Crippen LogP contribution in [0.15, 0.2) is 11.6 Å². The molecule has 0 amide bonds. The Morgan fingerprint density at radius 1 is 0.480 bits per heavy atom. The molecule has 10 aliphatic rings. The first-order valence-electron chi connectivity index (χ1n) is 35.4. The van der Waals surface area contributed by atoms with Gasteiger partial charge in [-0.25, -0.2) is 0 Å². The molecule has 6 saturated heterocycles. The standard InChI is InChI=1S/C67H114O33/c1-25(27-16-17-65(7)36-13-11-28-29(67(36,9)37(71)18-66(27,65)8)12-15-38(63(28,3)4)98-60-54(86)50(82)45(77)34(96-60)23-90-58-52(84)47(79)42(74)31(20-69)93-58)10-14-39(64(5,6)88)99-62-56(100-61-55(87)48(80)43(75)32(21-70)94-61)51(83)46(78)35(97-62)24-91-59-53(85)49(81)44(76)33(95-59)22-89-57-41(73)26(2)40(72)30(19-68)92-57/h11,25-27,29-62,68-88H,10,12-24H2,1-9H3/t25?,26-,27?,29+,30+,31+,32+,33+,34+,35+,36-,37+,38-,39+,40-,41+,42+,43+,44+,45+,46+,47-,48-,49-,50-,51-,52+,53+,54+,55+,56+,57+,58+,59+,60-,61-,62-,65-,66+,67-/m0/s1. The van der Waals surface area contributed by atoms with Crippen molar-refractivity contribution < 1.29 is 164 Å². The van der Waals surface area contributed by atoms with E-state index >= 15 is 0 Å². The Hall–Kier alpha value is -1.58. The summed E-state index contributed by atoms with van der Waals surface area (Å²) in [5.41, 5.74) is -2.66. The first-order chi connectivity index (χ1) is 46.8. The van der Waals surface area contributed by atoms with Gasteiger partial charge in [0.1, 0.15) is 134 Å². The van der Waals surface area contributed by atoms with Crippen LogP contribution in [0.1, 0.15) is 114 Å². The van der Waals surface area contributed by atoms with Gasteiger partial charge in [0, 0.05) is 16.7 Å². The molecule has 0 aromatic rings. The van der Waals surface area contributed by atoms with Gasteiger partial charge in [-0.3, -0.25) is 0 Å². The van der Waals surface area contributed by atoms with Gasteiger partial charge < -0.3 is 164 Å². The Labute approximate surface area is 580 Å². The molecule has 21 N–H and O–H groups in total. The van der Waals surface area contributed by atoms with Crippen LogP contribution in [0.5, 0.6) is 0 Å². The van der Waals surface area contributed by atoms with Crippen LogP contribution >= 0.6 is 0 Å². The van der Waals surface area contributed by atoms with E-state index in [1.165, 1.54) is 20.8 Å². The minimum absolute atomic E-state index is 0.00561. The zero-order valence-corrected chi connectivity index (χ0v) is 58.1. The number of hydrogen-bond acceptors (Lipinski definition) is 33. The Morgan fingerprint density at radius 3 is 1.40 bits per heavy atom. The second-order valence-corrected chi connectivity index (χ2v) is 31.9. The minimum Gasteiger partial charge on any atom is -0.394 e. The monoisotopic (exact) mass is 1450 g/mol. The molecule has 0 aromatic carbocycles. The van der Waals surface area contributed by atoms with Gasteiger partial charge >= 0.3 is 0 Å². The van der Waals surface area contributed by atoms with E-state index in [1.54, 1.807) is 0 Å². The Kier molecular flexibility index (Phi) is 25.5. The summed E-state index contributed by atoms with van der Waals surface area (Å²) in [7, 11) is 0. The Morgan fingerprint density at radius 2 is 0.900 bits per heavy atom. The van der Waals surface area contributed by atoms with Crippen molar-refractivity contribution in [2.75, 3.05) is 39.6 Å². The van der Waals surface area contributed by atoms with Gasteiger partial charge in [0.25, 0.3) is 0 Å². The summed E-state index contributed by atoms with van der Waals surface area (Å²) >= 11 is 0. The summed E-state index contributed by atoms with van der Waals surface area (Å²) < 4.78 is 71.4. The highest BCUT2D eigenvalue weighted by molar-refractivity contribution is 5.32. The molecule has 6 heterocycles. The molecular formula is C67H114O33. The van der Waals surface area contributed by atoms with Crippen molar-refractivity contribution in [3.05, 3.63) is 11.6 Å². The topological polar surface area (TPSA) is 536 Å². The van der Waals surface area contributed by atoms with E-state index in [0.29, 0.717) is 32.1 Å². The Bertz CT molecular complexity index is 2670. The van der Waals surface area contributed by atoms with E-state index in [9.17, 15) is 107 Å². The number of ether oxygens (including phenoxy) is 12. The average Bonchev–Trinajstić information content (AvgIpc) is 1.32. The van der Waals surface area contributed by atoms with E-state index in [2.05, 4.69) is 33.8 Å². The highest BCUT2D eigenvalue weighted by Gasteiger charge is 2.71. The predicted octanol–water partition coefficient (Wildman–Crippen LogP) is -6.31. The molecule has 3 saturated carbocycles. The van der Waals surface area contributed by atoms with Crippen molar-refractivity contribution >= 4 is 0 Å². The quantitative estimate of drug-likeness (QED) is 0.0423. The third kappa shape index (κ3) is 14.9. The molecule has 0 spiro atoms. The van der Waals surface area contributed by atoms with Crippen LogP contribution in [0.2, 0.25) is 0 Å². The van der Waals surface area contributed by atoms with E-state index < -0.39 is 264 Å². The van der Waals surface area contributed by atoms with Gasteiger partial charge in [0.05, 0.1) is 69.7 Å². The molecule has 33 nitrogen and oxygen atoms in total. The number of aliphatic hydroxyl groups excluding tert-OH is 20. The van der Waals surface area contributed by atoms with Gasteiger partial charge in [0.15, 0.2) is 37.7 Å². The molecule has 33 heteroatoms. The van der Waals surface area contributed by atoms with E-state index in [-0.39, 0.29) is 35.5 Å². The Balaban J connectivity index is 0.815. The predicted molar refractivity (Wildman–Crippen MR) is 336 cm³/mol. The van der Waals surface area contributed by atoms with Crippen molar-refractivity contribution in [3.63, 3.8) is 0 Å². The summed E-state index contributed by atoms with van der Waals surface area (Å²) in [5.74, 6) is -0.952. The highest BCUT2D eigenvalue weighted by atomic mass is 16.8. The molecular weight excluding hydrogens is 1330 g/mol. The normalized spacial score (nSPS) is 52.1. The molecule has 0 bridgehead atoms. The van der Waals surface area contributed by atoms with Crippen molar-refractivity contribution in [2.45, 2.75) is 316 Å². The molecule has 100 heavy (non-hydrogen) atoms. The van der Waals surface area contributed by atoms with Gasteiger partial charge in [-0.15, -0.1) is 0 Å². The van der Waals surface area contributed by atoms with Crippen LogP contribution in [-0.2, 0) is 56.8 Å². The lowest BCUT2D eigenvalue weighted by atomic mass is 9.38. The number of hydrogen-bond donors (Lipinski definition) is 21. The first-order valence-corrected chi connectivity index (χ1v) is 35.4. The number of rotatable bonds is 23. The van der Waals surface area contributed by atoms with Crippen LogP contribution in [0, 0.1) is 51.2 Å². The molecule has 6 aliphatic heterocycles. The van der Waals surface area contributed by atoms with E-state index in [0.717, 1.165) is 18.4 Å². The summed E-state index contributed by atoms with van der Waals surface area (Å²) in [6, 6.07) is 0. The molecule has 9 fully saturated rings. The number of fused-ring (bicyclic) bond motifs is 5. The SMILES string of the molecule is CC(CC[C@@H](O[C@@H]1O[C@H](CO[C@@H]2O[C@H](CO[C@@H]3O[C@H](CO)[C@@H](O)[C@H](C)[C@H]3O)[C@@H](O)[C@H](O)[C@H]2O)[C@@H](O)[C@H](O)[C@H]1O[C@@H]1O[C@H](CO)[C@@H](O)[C@H](O)[C@H]1O)C(C)(C)O)C1CC[C@@]2(C)[C@@H]3CC=C4[C@@H](CC[C@H](O[C@@H]5O[C@H](CO[C@@H]6O[C@H](CO)[C@@H](O)[C@H](O)[C@H]6O)[C@@H](O)[C@H](O)[C@H]5O)C4(C)C)[C@]3(C)[C@H](O)C[C@]12C. The second kappa shape index (κ2) is 31.6. The molecule has 10 rings (SSSR count). The van der Waals surface area contributed by atoms with Crippen LogP contribution < -0.4 is 0 Å². The molecule has 0 radical (unpaired) electrons. The summed E-state index contributed by atoms with van der Waals surface area (Å²) in [6.45, 7) is 13.4. The van der Waals surface area contributed by atoms with Gasteiger partial charge in [-0.05, 0) is 99.7 Å². The van der Waals surface area contributed by atoms with E-state index in [1.807, 2.05) is 13.8 Å². The number of aliphatic hydroxyl groups is 21. The molecule has 2 unspecified atom stereocenters. The smallest absolute Gasteiger partial charge is 0.187 e. The van der Waals surface area contributed by atoms with Crippen molar-refractivity contribution in [2.24, 2.45) is 51.2 Å². The molecule has 0 aromatic heterocycles. The first kappa shape index (κ1) is 80.9. The maximum absolute atomic E-state index is 12.9. The van der Waals surface area contributed by atoms with Crippen LogP contribution in [-0.4, -0.2) is 349 Å². The third-order valence-electron chi connectivity index (χ3n) is 25.3. The number of allylic oxidation sites excluding steroid dienone is 1. The van der Waals surface area contributed by atoms with E-state index in [4.69, 9.17) is 56.8 Å². The highest BCUT2D eigenvalue weighted by Crippen LogP contribution is 2.75. The molecule has 580 valence electrons. The lowest BCUT2D eigenvalue weighted by Gasteiger charge is -2.67. The lowest BCUT2D eigenvalue weighted by molar-refractivity contribution is -0.380. The van der Waals surface area contributed by atoms with Crippen molar-refractivity contribution in [1.82, 2.24) is 0 Å². The fourth-order valence-corrected chi connectivity index (χ4v) is 18.6. The summed E-state index contributed by atoms with van der Waals surface area (Å²) in [6.07, 6.45) is -44.1. The largest absolute Gasteiger partial charge is 0.394 e. The summed E-state index contributed by atoms with van der Waals surface area (Å²) in [4.78, 5) is 0. The molecule has 4 aliphatic carbocycles. The van der Waals surface area contributed by atoms with Crippen molar-refractivity contribution in [3.8, 4) is 0 Å². The van der Waals surface area contributed by atoms with Crippen LogP contribution in [0.3, 0.4) is 0 Å². The second-order valence-electron chi connectivity index (χ2n) is 31.9. The van der Waals surface area contributed by atoms with Gasteiger partial charge in [-0.2, -0.15) is 0 Å². The minimum atomic E-state index is -2.02. The zero-order valence-electron chi connectivity index (χ0n) is 58.1. The van der Waals surface area contributed by atoms with Crippen LogP contribution in [0.25, 0.3) is 0 Å². The fraction of sp³-hybridized carbons (Fsp3) is 0.970. The lowest BCUT2D eigenvalue weighted by Crippen LogP contribution is -2.65. The average molecular weight is 1450 g/mol.